The van der Waals surface area contributed by atoms with Crippen molar-refractivity contribution in [1.82, 2.24) is 0 Å². The maximum atomic E-state index is 11.5. The number of aromatic carboxylic acids is 1. The number of hydrogen-bond donors (Lipinski definition) is 3. The van der Waals surface area contributed by atoms with Crippen molar-refractivity contribution in [3.8, 4) is 5.75 Å². The van der Waals surface area contributed by atoms with Gasteiger partial charge >= 0.3 is 5.97 Å². The van der Waals surface area contributed by atoms with E-state index in [2.05, 4.69) is 5.32 Å². The number of hydrogen-bond acceptors (Lipinski definition) is 4. The molecular weight excluding hydrogens is 236 g/mol. The molecule has 6 nitrogen and oxygen atoms in total. The molecule has 0 aliphatic heterocycles. The molecule has 0 aliphatic carbocycles. The number of nitrogens with one attached hydrogen (secondary N) is 1. The van der Waals surface area contributed by atoms with Crippen LogP contribution in [-0.2, 0) is 4.79 Å². The smallest absolute Gasteiger partial charge is 0.337 e. The molecule has 0 aliphatic rings. The standard InChI is InChI=1S/C12H16N2O4/c1-18-8-4-5-10(9(7-8)12(16)17)14-11(15)3-2-6-13/h4-5,7H,2-3,6,13H2,1H3,(H,14,15)(H,16,17). The molecule has 0 unspecified atom stereocenters. The lowest BCUT2D eigenvalue weighted by molar-refractivity contribution is -0.116. The third-order valence-electron chi connectivity index (χ3n) is 2.34. The summed E-state index contributed by atoms with van der Waals surface area (Å²) in [5.74, 6) is -0.955. The first-order valence-electron chi connectivity index (χ1n) is 5.49. The molecule has 0 aromatic heterocycles. The van der Waals surface area contributed by atoms with Crippen LogP contribution < -0.4 is 15.8 Å². The molecule has 0 saturated carbocycles. The molecule has 0 fully saturated rings. The number of methoxy groups -OCH3 is 1. The summed E-state index contributed by atoms with van der Waals surface area (Å²) in [4.78, 5) is 22.6. The molecule has 0 heterocycles. The number of benzene rings is 1. The summed E-state index contributed by atoms with van der Waals surface area (Å²) in [5.41, 5.74) is 5.55. The average Bonchev–Trinajstić information content (AvgIpc) is 2.36. The van der Waals surface area contributed by atoms with Crippen LogP contribution in [0.4, 0.5) is 5.69 Å². The van der Waals surface area contributed by atoms with Crippen molar-refractivity contribution in [1.29, 1.82) is 0 Å². The lowest BCUT2D eigenvalue weighted by Gasteiger charge is -2.09. The van der Waals surface area contributed by atoms with Gasteiger partial charge in [0, 0.05) is 6.42 Å². The molecule has 4 N–H and O–H groups in total. The molecule has 0 saturated heterocycles. The first-order chi connectivity index (χ1) is 8.58. The highest BCUT2D eigenvalue weighted by atomic mass is 16.5. The van der Waals surface area contributed by atoms with Crippen molar-refractivity contribution in [2.45, 2.75) is 12.8 Å². The van der Waals surface area contributed by atoms with Crippen LogP contribution in [0.25, 0.3) is 0 Å². The molecule has 1 amide bonds. The van der Waals surface area contributed by atoms with Gasteiger partial charge in [0.05, 0.1) is 18.4 Å². The predicted octanol–water partition coefficient (Wildman–Crippen LogP) is 1.07. The molecule has 1 aromatic carbocycles. The Hall–Kier alpha value is -2.08. The van der Waals surface area contributed by atoms with Gasteiger partial charge in [0.15, 0.2) is 0 Å². The topological polar surface area (TPSA) is 102 Å². The van der Waals surface area contributed by atoms with Crippen LogP contribution in [0.5, 0.6) is 5.75 Å². The van der Waals surface area contributed by atoms with Crippen LogP contribution >= 0.6 is 0 Å². The van der Waals surface area contributed by atoms with Crippen molar-refractivity contribution in [2.75, 3.05) is 19.0 Å². The molecule has 1 rings (SSSR count). The number of nitrogens with two attached hydrogens (primary N) is 1. The summed E-state index contributed by atoms with van der Waals surface area (Å²) in [6.45, 7) is 0.418. The number of anilines is 1. The van der Waals surface area contributed by atoms with Crippen LogP contribution in [0.2, 0.25) is 0 Å². The van der Waals surface area contributed by atoms with E-state index in [9.17, 15) is 9.59 Å². The normalized spacial score (nSPS) is 9.89. The van der Waals surface area contributed by atoms with E-state index in [0.29, 0.717) is 18.7 Å². The van der Waals surface area contributed by atoms with Crippen LogP contribution in [0.15, 0.2) is 18.2 Å². The zero-order valence-corrected chi connectivity index (χ0v) is 10.1. The Labute approximate surface area is 105 Å². The van der Waals surface area contributed by atoms with E-state index in [4.69, 9.17) is 15.6 Å². The Morgan fingerprint density at radius 1 is 1.44 bits per heavy atom. The largest absolute Gasteiger partial charge is 0.497 e. The van der Waals surface area contributed by atoms with Crippen LogP contribution in [0.3, 0.4) is 0 Å². The Bertz CT molecular complexity index is 446. The summed E-state index contributed by atoms with van der Waals surface area (Å²) in [6, 6.07) is 4.45. The molecule has 0 bridgehead atoms. The highest BCUT2D eigenvalue weighted by Crippen LogP contribution is 2.22. The third-order valence-corrected chi connectivity index (χ3v) is 2.34. The van der Waals surface area contributed by atoms with E-state index < -0.39 is 5.97 Å². The summed E-state index contributed by atoms with van der Waals surface area (Å²) >= 11 is 0. The first kappa shape index (κ1) is 14.0. The van der Waals surface area contributed by atoms with Crippen molar-refractivity contribution >= 4 is 17.6 Å². The Balaban J connectivity index is 2.87. The summed E-state index contributed by atoms with van der Waals surface area (Å²) in [6.07, 6.45) is 0.825. The first-order valence-corrected chi connectivity index (χ1v) is 5.49. The van der Waals surface area contributed by atoms with Gasteiger partial charge in [-0.05, 0) is 31.2 Å². The summed E-state index contributed by atoms with van der Waals surface area (Å²) in [7, 11) is 1.44. The SMILES string of the molecule is COc1ccc(NC(=O)CCCN)c(C(=O)O)c1. The zero-order valence-electron chi connectivity index (χ0n) is 10.1. The van der Waals surface area contributed by atoms with Gasteiger partial charge in [-0.15, -0.1) is 0 Å². The highest BCUT2D eigenvalue weighted by molar-refractivity contribution is 6.00. The van der Waals surface area contributed by atoms with Gasteiger partial charge in [0.1, 0.15) is 5.75 Å². The lowest BCUT2D eigenvalue weighted by atomic mass is 10.1. The molecule has 6 heteroatoms. The Morgan fingerprint density at radius 2 is 2.17 bits per heavy atom. The van der Waals surface area contributed by atoms with Crippen LogP contribution in [0.1, 0.15) is 23.2 Å². The van der Waals surface area contributed by atoms with Crippen molar-refractivity contribution in [3.05, 3.63) is 23.8 Å². The minimum atomic E-state index is -1.12. The van der Waals surface area contributed by atoms with Crippen molar-refractivity contribution in [3.63, 3.8) is 0 Å². The number of ether oxygens (including phenoxy) is 1. The van der Waals surface area contributed by atoms with Gasteiger partial charge in [0.2, 0.25) is 5.91 Å². The predicted molar refractivity (Wildman–Crippen MR) is 66.9 cm³/mol. The van der Waals surface area contributed by atoms with Crippen LogP contribution in [-0.4, -0.2) is 30.6 Å². The Morgan fingerprint density at radius 3 is 2.72 bits per heavy atom. The maximum absolute atomic E-state index is 11.5. The van der Waals surface area contributed by atoms with Crippen LogP contribution in [0, 0.1) is 0 Å². The second-order valence-corrected chi connectivity index (χ2v) is 3.66. The van der Waals surface area contributed by atoms with Gasteiger partial charge in [0.25, 0.3) is 0 Å². The van der Waals surface area contributed by atoms with E-state index in [1.807, 2.05) is 0 Å². The fraction of sp³-hybridized carbons (Fsp3) is 0.333. The second-order valence-electron chi connectivity index (χ2n) is 3.66. The molecule has 0 atom stereocenters. The molecule has 98 valence electrons. The van der Waals surface area contributed by atoms with Gasteiger partial charge in [-0.1, -0.05) is 0 Å². The van der Waals surface area contributed by atoms with Gasteiger partial charge in [-0.25, -0.2) is 4.79 Å². The van der Waals surface area contributed by atoms with Gasteiger partial charge in [-0.3, -0.25) is 4.79 Å². The molecule has 1 aromatic rings. The number of amides is 1. The fourth-order valence-electron chi connectivity index (χ4n) is 1.41. The molecule has 0 spiro atoms. The third kappa shape index (κ3) is 3.74. The summed E-state index contributed by atoms with van der Waals surface area (Å²) < 4.78 is 4.94. The lowest BCUT2D eigenvalue weighted by Crippen LogP contribution is -2.15. The number of rotatable bonds is 6. The molecule has 18 heavy (non-hydrogen) atoms. The highest BCUT2D eigenvalue weighted by Gasteiger charge is 2.13. The minimum Gasteiger partial charge on any atom is -0.497 e. The van der Waals surface area contributed by atoms with E-state index in [-0.39, 0.29) is 23.6 Å². The number of carbonyl (C=O) groups is 2. The van der Waals surface area contributed by atoms with Gasteiger partial charge < -0.3 is 20.9 Å². The van der Waals surface area contributed by atoms with Gasteiger partial charge in [-0.2, -0.15) is 0 Å². The maximum Gasteiger partial charge on any atom is 0.337 e. The van der Waals surface area contributed by atoms with E-state index in [1.165, 1.54) is 19.2 Å². The second kappa shape index (κ2) is 6.61. The van der Waals surface area contributed by atoms with Crippen molar-refractivity contribution in [2.24, 2.45) is 5.73 Å². The Kier molecular flexibility index (Phi) is 5.13. The molecular formula is C12H16N2O4. The van der Waals surface area contributed by atoms with E-state index >= 15 is 0 Å². The fourth-order valence-corrected chi connectivity index (χ4v) is 1.41. The van der Waals surface area contributed by atoms with E-state index in [1.54, 1.807) is 6.07 Å². The summed E-state index contributed by atoms with van der Waals surface area (Å²) in [5, 5.41) is 11.6. The number of carbonyl (C=O) groups excluding carboxylic acids is 1. The minimum absolute atomic E-state index is 0.00421. The quantitative estimate of drug-likeness (QED) is 0.703. The monoisotopic (exact) mass is 252 g/mol. The zero-order chi connectivity index (χ0) is 13.5. The molecule has 0 radical (unpaired) electrons. The number of carboxylic acids is 1. The average molecular weight is 252 g/mol. The van der Waals surface area contributed by atoms with E-state index in [0.717, 1.165) is 0 Å². The van der Waals surface area contributed by atoms with Crippen molar-refractivity contribution < 1.29 is 19.4 Å². The number of carboxylic acid groups (broad SMARTS) is 1.